The Bertz CT molecular complexity index is 510. The summed E-state index contributed by atoms with van der Waals surface area (Å²) in [4.78, 5) is 12.1. The van der Waals surface area contributed by atoms with E-state index in [1.807, 2.05) is 32.0 Å². The maximum Gasteiger partial charge on any atom is 0.255 e. The van der Waals surface area contributed by atoms with Gasteiger partial charge in [0.05, 0.1) is 17.1 Å². The molecule has 0 aliphatic heterocycles. The van der Waals surface area contributed by atoms with Crippen LogP contribution < -0.4 is 5.32 Å². The molecular formula is C14H17N3O. The van der Waals surface area contributed by atoms with E-state index in [1.165, 1.54) is 0 Å². The van der Waals surface area contributed by atoms with Gasteiger partial charge in [-0.3, -0.25) is 9.89 Å². The molecule has 1 amide bonds. The normalized spacial score (nSPS) is 10.3. The van der Waals surface area contributed by atoms with Crippen molar-refractivity contribution in [2.45, 2.75) is 26.7 Å². The van der Waals surface area contributed by atoms with Crippen LogP contribution in [0.2, 0.25) is 0 Å². The van der Waals surface area contributed by atoms with Gasteiger partial charge in [-0.05, 0) is 25.0 Å². The highest BCUT2D eigenvalue weighted by Crippen LogP contribution is 2.20. The van der Waals surface area contributed by atoms with E-state index in [2.05, 4.69) is 15.5 Å². The van der Waals surface area contributed by atoms with Crippen LogP contribution >= 0.6 is 0 Å². The van der Waals surface area contributed by atoms with Gasteiger partial charge in [-0.15, -0.1) is 0 Å². The highest BCUT2D eigenvalue weighted by Gasteiger charge is 2.14. The van der Waals surface area contributed by atoms with Crippen molar-refractivity contribution in [2.24, 2.45) is 0 Å². The minimum absolute atomic E-state index is 0.0959. The predicted molar refractivity (Wildman–Crippen MR) is 71.7 cm³/mol. The quantitative estimate of drug-likeness (QED) is 0.867. The lowest BCUT2D eigenvalue weighted by Gasteiger charge is -2.06. The third-order valence-corrected chi connectivity index (χ3v) is 2.88. The average molecular weight is 243 g/mol. The molecule has 0 unspecified atom stereocenters. The van der Waals surface area contributed by atoms with Crippen molar-refractivity contribution >= 4 is 11.6 Å². The fourth-order valence-corrected chi connectivity index (χ4v) is 1.86. The first-order valence-corrected chi connectivity index (χ1v) is 6.18. The van der Waals surface area contributed by atoms with Gasteiger partial charge in [-0.25, -0.2) is 0 Å². The zero-order valence-electron chi connectivity index (χ0n) is 10.7. The Kier molecular flexibility index (Phi) is 3.77. The molecule has 0 saturated heterocycles. The molecule has 0 aliphatic rings. The van der Waals surface area contributed by atoms with Crippen molar-refractivity contribution in [3.05, 3.63) is 47.3 Å². The highest BCUT2D eigenvalue weighted by molar-refractivity contribution is 6.04. The van der Waals surface area contributed by atoms with E-state index in [4.69, 9.17) is 0 Å². The fourth-order valence-electron chi connectivity index (χ4n) is 1.86. The molecule has 0 saturated carbocycles. The van der Waals surface area contributed by atoms with Crippen molar-refractivity contribution in [1.29, 1.82) is 0 Å². The molecule has 0 aliphatic carbocycles. The number of hydrogen-bond donors (Lipinski definition) is 2. The lowest BCUT2D eigenvalue weighted by atomic mass is 10.1. The summed E-state index contributed by atoms with van der Waals surface area (Å²) < 4.78 is 0. The van der Waals surface area contributed by atoms with Crippen LogP contribution in [0.15, 0.2) is 30.3 Å². The van der Waals surface area contributed by atoms with Gasteiger partial charge in [0.25, 0.3) is 5.91 Å². The lowest BCUT2D eigenvalue weighted by molar-refractivity contribution is 0.102. The van der Waals surface area contributed by atoms with E-state index in [0.717, 1.165) is 29.9 Å². The van der Waals surface area contributed by atoms with Crippen molar-refractivity contribution in [1.82, 2.24) is 10.2 Å². The third-order valence-electron chi connectivity index (χ3n) is 2.88. The molecule has 0 radical (unpaired) electrons. The Morgan fingerprint density at radius 1 is 1.22 bits per heavy atom. The standard InChI is InChI=1S/C14H17N3O/c1-3-11-13(12(4-2)17-16-11)15-14(18)10-8-6-5-7-9-10/h5-9H,3-4H2,1-2H3,(H,15,18)(H,16,17). The van der Waals surface area contributed by atoms with E-state index in [9.17, 15) is 4.79 Å². The second-order valence-electron chi connectivity index (χ2n) is 4.05. The number of amides is 1. The van der Waals surface area contributed by atoms with Crippen molar-refractivity contribution < 1.29 is 4.79 Å². The number of aromatic nitrogens is 2. The van der Waals surface area contributed by atoms with Gasteiger partial charge in [-0.1, -0.05) is 32.0 Å². The van der Waals surface area contributed by atoms with Crippen LogP contribution in [0.25, 0.3) is 0 Å². The number of anilines is 1. The largest absolute Gasteiger partial charge is 0.319 e. The summed E-state index contributed by atoms with van der Waals surface area (Å²) in [5.74, 6) is -0.0959. The van der Waals surface area contributed by atoms with Crippen molar-refractivity contribution in [2.75, 3.05) is 5.32 Å². The molecule has 0 fully saturated rings. The molecule has 4 nitrogen and oxygen atoms in total. The maximum absolute atomic E-state index is 12.1. The average Bonchev–Trinajstić information content (AvgIpc) is 2.81. The van der Waals surface area contributed by atoms with Crippen LogP contribution in [0.3, 0.4) is 0 Å². The van der Waals surface area contributed by atoms with Crippen LogP contribution in [0, 0.1) is 0 Å². The van der Waals surface area contributed by atoms with Crippen LogP contribution in [0.4, 0.5) is 5.69 Å². The molecule has 1 aromatic heterocycles. The smallest absolute Gasteiger partial charge is 0.255 e. The van der Waals surface area contributed by atoms with E-state index < -0.39 is 0 Å². The fraction of sp³-hybridized carbons (Fsp3) is 0.286. The van der Waals surface area contributed by atoms with Gasteiger partial charge in [0.2, 0.25) is 0 Å². The summed E-state index contributed by atoms with van der Waals surface area (Å²) in [5, 5.41) is 10.1. The molecular weight excluding hydrogens is 226 g/mol. The Labute approximate surface area is 106 Å². The molecule has 2 N–H and O–H groups in total. The first kappa shape index (κ1) is 12.4. The number of rotatable bonds is 4. The SMILES string of the molecule is CCc1n[nH]c(CC)c1NC(=O)c1ccccc1. The first-order valence-electron chi connectivity index (χ1n) is 6.18. The second kappa shape index (κ2) is 5.49. The summed E-state index contributed by atoms with van der Waals surface area (Å²) in [6.45, 7) is 4.05. The Hall–Kier alpha value is -2.10. The minimum Gasteiger partial charge on any atom is -0.319 e. The van der Waals surface area contributed by atoms with Gasteiger partial charge >= 0.3 is 0 Å². The predicted octanol–water partition coefficient (Wildman–Crippen LogP) is 2.79. The second-order valence-corrected chi connectivity index (χ2v) is 4.05. The monoisotopic (exact) mass is 243 g/mol. The molecule has 1 aromatic carbocycles. The zero-order valence-corrected chi connectivity index (χ0v) is 10.7. The van der Waals surface area contributed by atoms with Crippen molar-refractivity contribution in [3.8, 4) is 0 Å². The Morgan fingerprint density at radius 3 is 2.56 bits per heavy atom. The van der Waals surface area contributed by atoms with E-state index in [-0.39, 0.29) is 5.91 Å². The highest BCUT2D eigenvalue weighted by atomic mass is 16.1. The molecule has 4 heteroatoms. The molecule has 0 bridgehead atoms. The van der Waals surface area contributed by atoms with Gasteiger partial charge in [0.1, 0.15) is 0 Å². The maximum atomic E-state index is 12.1. The Morgan fingerprint density at radius 2 is 1.94 bits per heavy atom. The van der Waals surface area contributed by atoms with Gasteiger partial charge in [0, 0.05) is 5.56 Å². The third kappa shape index (κ3) is 2.42. The van der Waals surface area contributed by atoms with E-state index in [1.54, 1.807) is 12.1 Å². The molecule has 94 valence electrons. The summed E-state index contributed by atoms with van der Waals surface area (Å²) in [5.41, 5.74) is 3.35. The number of nitrogens with zero attached hydrogens (tertiary/aromatic N) is 1. The number of hydrogen-bond acceptors (Lipinski definition) is 2. The van der Waals surface area contributed by atoms with Crippen molar-refractivity contribution in [3.63, 3.8) is 0 Å². The van der Waals surface area contributed by atoms with Crippen LogP contribution in [-0.2, 0) is 12.8 Å². The van der Waals surface area contributed by atoms with Crippen LogP contribution in [0.5, 0.6) is 0 Å². The number of carbonyl (C=O) groups is 1. The number of aryl methyl sites for hydroxylation is 2. The molecule has 2 aromatic rings. The number of nitrogens with one attached hydrogen (secondary N) is 2. The summed E-state index contributed by atoms with van der Waals surface area (Å²) in [6.07, 6.45) is 1.61. The summed E-state index contributed by atoms with van der Waals surface area (Å²) in [7, 11) is 0. The lowest BCUT2D eigenvalue weighted by Crippen LogP contribution is -2.13. The number of aromatic amines is 1. The summed E-state index contributed by atoms with van der Waals surface area (Å²) in [6, 6.07) is 9.19. The zero-order chi connectivity index (χ0) is 13.0. The summed E-state index contributed by atoms with van der Waals surface area (Å²) >= 11 is 0. The van der Waals surface area contributed by atoms with E-state index >= 15 is 0 Å². The van der Waals surface area contributed by atoms with Gasteiger partial charge in [-0.2, -0.15) is 5.10 Å². The molecule has 1 heterocycles. The molecule has 18 heavy (non-hydrogen) atoms. The van der Waals surface area contributed by atoms with Gasteiger partial charge in [0.15, 0.2) is 0 Å². The van der Waals surface area contributed by atoms with Crippen LogP contribution in [-0.4, -0.2) is 16.1 Å². The van der Waals surface area contributed by atoms with Crippen LogP contribution in [0.1, 0.15) is 35.6 Å². The number of H-pyrrole nitrogens is 1. The molecule has 2 rings (SSSR count). The molecule has 0 spiro atoms. The topological polar surface area (TPSA) is 57.8 Å². The minimum atomic E-state index is -0.0959. The number of carbonyl (C=O) groups excluding carboxylic acids is 1. The van der Waals surface area contributed by atoms with E-state index in [0.29, 0.717) is 5.56 Å². The Balaban J connectivity index is 2.24. The first-order chi connectivity index (χ1) is 8.76. The number of benzene rings is 1. The van der Waals surface area contributed by atoms with Gasteiger partial charge < -0.3 is 5.32 Å². The molecule has 0 atom stereocenters.